The van der Waals surface area contributed by atoms with Gasteiger partial charge >= 0.3 is 5.97 Å². The molecule has 2 heterocycles. The first-order valence-electron chi connectivity index (χ1n) is 10.0. The second-order valence-electron chi connectivity index (χ2n) is 8.30. The largest absolute Gasteiger partial charge is 0.481 e. The van der Waals surface area contributed by atoms with E-state index in [4.69, 9.17) is 0 Å². The zero-order chi connectivity index (χ0) is 20.1. The fourth-order valence-electron chi connectivity index (χ4n) is 4.31. The zero-order valence-corrected chi connectivity index (χ0v) is 16.8. The topological polar surface area (TPSA) is 60.9 Å². The van der Waals surface area contributed by atoms with E-state index in [9.17, 15) is 14.7 Å². The number of rotatable bonds is 5. The van der Waals surface area contributed by atoms with Gasteiger partial charge < -0.3 is 10.0 Å². The van der Waals surface area contributed by atoms with E-state index in [0.29, 0.717) is 13.1 Å². The Bertz CT molecular complexity index is 757. The highest BCUT2D eigenvalue weighted by atomic mass is 16.4. The van der Waals surface area contributed by atoms with Gasteiger partial charge in [0.25, 0.3) is 0 Å². The summed E-state index contributed by atoms with van der Waals surface area (Å²) in [6, 6.07) is 9.68. The molecule has 2 aliphatic heterocycles. The summed E-state index contributed by atoms with van der Waals surface area (Å²) < 4.78 is 0. The van der Waals surface area contributed by atoms with Crippen molar-refractivity contribution in [2.24, 2.45) is 11.3 Å². The van der Waals surface area contributed by atoms with Gasteiger partial charge in [-0.3, -0.25) is 14.5 Å². The fourth-order valence-corrected chi connectivity index (χ4v) is 4.31. The summed E-state index contributed by atoms with van der Waals surface area (Å²) in [6.07, 6.45) is 7.23. The van der Waals surface area contributed by atoms with Crippen LogP contribution in [0.5, 0.6) is 0 Å². The van der Waals surface area contributed by atoms with E-state index in [0.717, 1.165) is 38.0 Å². The monoisotopic (exact) mass is 382 g/mol. The van der Waals surface area contributed by atoms with Crippen LogP contribution in [0, 0.1) is 11.3 Å². The van der Waals surface area contributed by atoms with Crippen LogP contribution in [-0.4, -0.2) is 59.5 Å². The maximum Gasteiger partial charge on any atom is 0.308 e. The summed E-state index contributed by atoms with van der Waals surface area (Å²) in [7, 11) is 0. The van der Waals surface area contributed by atoms with Crippen molar-refractivity contribution in [2.75, 3.05) is 32.7 Å². The summed E-state index contributed by atoms with van der Waals surface area (Å²) in [6.45, 7) is 7.72. The predicted octanol–water partition coefficient (Wildman–Crippen LogP) is 3.29. The van der Waals surface area contributed by atoms with Crippen molar-refractivity contribution in [3.05, 3.63) is 53.6 Å². The van der Waals surface area contributed by atoms with E-state index in [1.165, 1.54) is 5.57 Å². The molecule has 1 aromatic carbocycles. The maximum absolute atomic E-state index is 12.7. The van der Waals surface area contributed by atoms with Gasteiger partial charge in [0.1, 0.15) is 0 Å². The average Bonchev–Trinajstić information content (AvgIpc) is 3.06. The minimum atomic E-state index is -0.778. The lowest BCUT2D eigenvalue weighted by atomic mass is 9.71. The number of hydrogen-bond donors (Lipinski definition) is 1. The summed E-state index contributed by atoms with van der Waals surface area (Å²) in [5.74, 6) is -1.36. The Morgan fingerprint density at radius 1 is 1.18 bits per heavy atom. The van der Waals surface area contributed by atoms with Crippen molar-refractivity contribution < 1.29 is 14.7 Å². The molecular formula is C23H30N2O3. The number of benzene rings is 1. The van der Waals surface area contributed by atoms with Crippen molar-refractivity contribution in [2.45, 2.75) is 26.7 Å². The van der Waals surface area contributed by atoms with Crippen molar-refractivity contribution in [1.82, 2.24) is 9.80 Å². The molecule has 2 aliphatic rings. The molecular weight excluding hydrogens is 352 g/mol. The third kappa shape index (κ3) is 4.71. The molecule has 2 fully saturated rings. The maximum atomic E-state index is 12.7. The van der Waals surface area contributed by atoms with Gasteiger partial charge in [0.2, 0.25) is 5.91 Å². The van der Waals surface area contributed by atoms with E-state index < -0.39 is 11.9 Å². The van der Waals surface area contributed by atoms with E-state index >= 15 is 0 Å². The third-order valence-corrected chi connectivity index (χ3v) is 6.09. The molecule has 0 aliphatic carbocycles. The molecule has 1 aromatic rings. The molecule has 0 aromatic heterocycles. The Morgan fingerprint density at radius 2 is 1.86 bits per heavy atom. The summed E-state index contributed by atoms with van der Waals surface area (Å²) in [5.41, 5.74) is 1.96. The molecule has 3 rings (SSSR count). The molecule has 2 saturated heterocycles. The first-order valence-corrected chi connectivity index (χ1v) is 10.0. The van der Waals surface area contributed by atoms with Crippen LogP contribution in [-0.2, 0) is 9.59 Å². The van der Waals surface area contributed by atoms with Gasteiger partial charge in [-0.15, -0.1) is 0 Å². The van der Waals surface area contributed by atoms with Crippen LogP contribution in [0.2, 0.25) is 0 Å². The number of nitrogens with zero attached hydrogens (tertiary/aromatic N) is 2. The number of likely N-dealkylation sites (tertiary alicyclic amines) is 2. The standard InChI is InChI=1S/C23H30N2O3/c1-18(2)10-13-24-14-11-23(12-15-24)17-25(16-20(23)22(27)28)21(26)9-8-19-6-4-3-5-7-19/h3-10,20H,11-17H2,1-2H3,(H,27,28). The lowest BCUT2D eigenvalue weighted by molar-refractivity contribution is -0.145. The highest BCUT2D eigenvalue weighted by Gasteiger charge is 2.52. The smallest absolute Gasteiger partial charge is 0.308 e. The lowest BCUT2D eigenvalue weighted by Gasteiger charge is -2.41. The molecule has 1 unspecified atom stereocenters. The van der Waals surface area contributed by atoms with Gasteiger partial charge in [-0.25, -0.2) is 0 Å². The summed E-state index contributed by atoms with van der Waals surface area (Å²) in [4.78, 5) is 28.7. The average molecular weight is 383 g/mol. The van der Waals surface area contributed by atoms with Crippen LogP contribution in [0.4, 0.5) is 0 Å². The highest BCUT2D eigenvalue weighted by Crippen LogP contribution is 2.45. The molecule has 1 spiro atoms. The fraction of sp³-hybridized carbons (Fsp3) is 0.478. The first-order chi connectivity index (χ1) is 13.4. The molecule has 1 atom stereocenters. The van der Waals surface area contributed by atoms with E-state index in [2.05, 4.69) is 24.8 Å². The third-order valence-electron chi connectivity index (χ3n) is 6.09. The Hall–Kier alpha value is -2.40. The molecule has 1 amide bonds. The Morgan fingerprint density at radius 3 is 2.46 bits per heavy atom. The van der Waals surface area contributed by atoms with Gasteiger partial charge in [-0.05, 0) is 51.4 Å². The van der Waals surface area contributed by atoms with Crippen LogP contribution in [0.25, 0.3) is 6.08 Å². The molecule has 5 nitrogen and oxygen atoms in total. The van der Waals surface area contributed by atoms with Gasteiger partial charge in [0.15, 0.2) is 0 Å². The summed E-state index contributed by atoms with van der Waals surface area (Å²) >= 11 is 0. The van der Waals surface area contributed by atoms with Gasteiger partial charge in [-0.1, -0.05) is 42.0 Å². The second-order valence-corrected chi connectivity index (χ2v) is 8.30. The molecule has 5 heteroatoms. The van der Waals surface area contributed by atoms with Crippen molar-refractivity contribution in [3.63, 3.8) is 0 Å². The van der Waals surface area contributed by atoms with Crippen LogP contribution in [0.1, 0.15) is 32.3 Å². The van der Waals surface area contributed by atoms with E-state index in [1.54, 1.807) is 17.1 Å². The molecule has 1 N–H and O–H groups in total. The van der Waals surface area contributed by atoms with Crippen LogP contribution < -0.4 is 0 Å². The quantitative estimate of drug-likeness (QED) is 0.627. The zero-order valence-electron chi connectivity index (χ0n) is 16.8. The molecule has 28 heavy (non-hydrogen) atoms. The van der Waals surface area contributed by atoms with Crippen molar-refractivity contribution in [1.29, 1.82) is 0 Å². The highest BCUT2D eigenvalue weighted by molar-refractivity contribution is 5.92. The number of carbonyl (C=O) groups is 2. The molecule has 0 bridgehead atoms. The van der Waals surface area contributed by atoms with Crippen LogP contribution >= 0.6 is 0 Å². The van der Waals surface area contributed by atoms with E-state index in [1.807, 2.05) is 30.3 Å². The second kappa shape index (κ2) is 8.74. The van der Waals surface area contributed by atoms with E-state index in [-0.39, 0.29) is 11.3 Å². The number of aliphatic carboxylic acids is 1. The Kier molecular flexibility index (Phi) is 6.35. The Labute approximate surface area is 167 Å². The number of piperidine rings is 1. The Balaban J connectivity index is 1.66. The normalized spacial score (nSPS) is 21.9. The van der Waals surface area contributed by atoms with Gasteiger partial charge in [-0.2, -0.15) is 0 Å². The number of allylic oxidation sites excluding steroid dienone is 1. The number of amides is 1. The first kappa shape index (κ1) is 20.3. The number of carboxylic acid groups (broad SMARTS) is 1. The van der Waals surface area contributed by atoms with Gasteiger partial charge in [0.05, 0.1) is 5.92 Å². The number of hydrogen-bond acceptors (Lipinski definition) is 3. The number of carbonyl (C=O) groups excluding carboxylic acids is 1. The summed E-state index contributed by atoms with van der Waals surface area (Å²) in [5, 5.41) is 9.80. The predicted molar refractivity (Wildman–Crippen MR) is 111 cm³/mol. The van der Waals surface area contributed by atoms with Crippen molar-refractivity contribution in [3.8, 4) is 0 Å². The van der Waals surface area contributed by atoms with Crippen LogP contribution in [0.15, 0.2) is 48.1 Å². The van der Waals surface area contributed by atoms with Gasteiger partial charge in [0, 0.05) is 31.1 Å². The number of carboxylic acids is 1. The van der Waals surface area contributed by atoms with Crippen molar-refractivity contribution >= 4 is 18.0 Å². The lowest BCUT2D eigenvalue weighted by Crippen LogP contribution is -2.46. The molecule has 0 saturated carbocycles. The minimum Gasteiger partial charge on any atom is -0.481 e. The SMILES string of the molecule is CC(C)=CCN1CCC2(CC1)CN(C(=O)C=Cc1ccccc1)CC2C(=O)O. The molecule has 0 radical (unpaired) electrons. The van der Waals surface area contributed by atoms with Crippen LogP contribution in [0.3, 0.4) is 0 Å². The minimum absolute atomic E-state index is 0.0982. The molecule has 150 valence electrons.